The number of carbonyl (C=O) groups excluding carboxylic acids is 3. The number of amides is 1. The fourth-order valence-electron chi connectivity index (χ4n) is 5.07. The predicted molar refractivity (Wildman–Crippen MR) is 122 cm³/mol. The van der Waals surface area contributed by atoms with Crippen molar-refractivity contribution in [1.29, 1.82) is 0 Å². The summed E-state index contributed by atoms with van der Waals surface area (Å²) < 4.78 is 0. The molecule has 3 aromatic carbocycles. The maximum Gasteiger partial charge on any atom is 0.259 e. The van der Waals surface area contributed by atoms with E-state index in [0.717, 1.165) is 24.1 Å². The van der Waals surface area contributed by atoms with Gasteiger partial charge in [-0.05, 0) is 42.7 Å². The molecule has 156 valence electrons. The molecule has 0 aromatic heterocycles. The first-order valence-electron chi connectivity index (χ1n) is 10.8. The SMILES string of the molecule is O=C1CCCC2=C1[C@H]1c3ccccc3C(=O)N1c1ccc(C(=O)c3ccccc3)cc1N2. The van der Waals surface area contributed by atoms with Crippen molar-refractivity contribution in [2.45, 2.75) is 25.3 Å². The van der Waals surface area contributed by atoms with E-state index in [1.807, 2.05) is 48.5 Å². The number of carbonyl (C=O) groups is 3. The molecule has 0 spiro atoms. The number of anilines is 2. The van der Waals surface area contributed by atoms with Crippen LogP contribution < -0.4 is 10.2 Å². The highest BCUT2D eigenvalue weighted by Gasteiger charge is 2.45. The number of Topliss-reactive ketones (excluding diaryl/α,β-unsaturated/α-hetero) is 1. The number of allylic oxidation sites excluding steroid dienone is 1. The zero-order valence-electron chi connectivity index (χ0n) is 17.3. The third kappa shape index (κ3) is 2.67. The van der Waals surface area contributed by atoms with Crippen LogP contribution in [-0.2, 0) is 4.79 Å². The van der Waals surface area contributed by atoms with E-state index in [1.54, 1.807) is 29.2 Å². The Kier molecular flexibility index (Phi) is 4.12. The van der Waals surface area contributed by atoms with Gasteiger partial charge in [-0.1, -0.05) is 48.5 Å². The lowest BCUT2D eigenvalue weighted by Crippen LogP contribution is -2.31. The number of rotatable bonds is 2. The second-order valence-corrected chi connectivity index (χ2v) is 8.39. The van der Waals surface area contributed by atoms with Crippen LogP contribution in [0.3, 0.4) is 0 Å². The molecule has 1 atom stereocenters. The van der Waals surface area contributed by atoms with Crippen molar-refractivity contribution in [1.82, 2.24) is 0 Å². The molecule has 1 N–H and O–H groups in total. The van der Waals surface area contributed by atoms with E-state index < -0.39 is 6.04 Å². The van der Waals surface area contributed by atoms with Crippen LogP contribution in [0, 0.1) is 0 Å². The van der Waals surface area contributed by atoms with Gasteiger partial charge in [-0.2, -0.15) is 0 Å². The Morgan fingerprint density at radius 2 is 1.66 bits per heavy atom. The van der Waals surface area contributed by atoms with Gasteiger partial charge in [0, 0.05) is 34.4 Å². The first-order chi connectivity index (χ1) is 15.6. The summed E-state index contributed by atoms with van der Waals surface area (Å²) in [4.78, 5) is 41.3. The van der Waals surface area contributed by atoms with Gasteiger partial charge in [0.2, 0.25) is 0 Å². The second kappa shape index (κ2) is 7.02. The fraction of sp³-hybridized carbons (Fsp3) is 0.148. The topological polar surface area (TPSA) is 66.5 Å². The molecule has 0 bridgehead atoms. The molecule has 32 heavy (non-hydrogen) atoms. The molecule has 6 rings (SSSR count). The summed E-state index contributed by atoms with van der Waals surface area (Å²) in [6, 6.07) is 21.6. The van der Waals surface area contributed by atoms with E-state index >= 15 is 0 Å². The van der Waals surface area contributed by atoms with Crippen molar-refractivity contribution in [2.75, 3.05) is 10.2 Å². The van der Waals surface area contributed by atoms with Gasteiger partial charge in [-0.15, -0.1) is 0 Å². The summed E-state index contributed by atoms with van der Waals surface area (Å²) in [5.74, 6) is -0.129. The third-order valence-corrected chi connectivity index (χ3v) is 6.53. The Labute approximate surface area is 185 Å². The summed E-state index contributed by atoms with van der Waals surface area (Å²) in [7, 11) is 0. The molecule has 0 unspecified atom stereocenters. The molecule has 0 saturated heterocycles. The number of benzene rings is 3. The minimum Gasteiger partial charge on any atom is -0.357 e. The third-order valence-electron chi connectivity index (χ3n) is 6.53. The molecule has 1 aliphatic carbocycles. The fourth-order valence-corrected chi connectivity index (χ4v) is 5.07. The number of nitrogens with one attached hydrogen (secondary N) is 1. The molecule has 5 heteroatoms. The van der Waals surface area contributed by atoms with Gasteiger partial charge in [0.15, 0.2) is 11.6 Å². The zero-order chi connectivity index (χ0) is 21.8. The summed E-state index contributed by atoms with van der Waals surface area (Å²) in [6.07, 6.45) is 1.98. The molecular formula is C27H20N2O3. The standard InChI is InChI=1S/C27H20N2O3/c30-23-12-6-11-20-24(23)25-18-9-4-5-10-19(18)27(32)29(25)22-14-13-17(15-21(22)28-20)26(31)16-7-2-1-3-8-16/h1-5,7-10,13-15,25,28H,6,11-12H2/t25-/m1/s1. The summed E-state index contributed by atoms with van der Waals surface area (Å²) >= 11 is 0. The summed E-state index contributed by atoms with van der Waals surface area (Å²) in [5, 5.41) is 3.43. The van der Waals surface area contributed by atoms with Gasteiger partial charge in [0.25, 0.3) is 5.91 Å². The highest BCUT2D eigenvalue weighted by atomic mass is 16.2. The molecule has 2 heterocycles. The van der Waals surface area contributed by atoms with Crippen molar-refractivity contribution < 1.29 is 14.4 Å². The first-order valence-corrected chi connectivity index (χ1v) is 10.8. The predicted octanol–water partition coefficient (Wildman–Crippen LogP) is 5.05. The van der Waals surface area contributed by atoms with Gasteiger partial charge in [0.1, 0.15) is 0 Å². The number of hydrogen-bond acceptors (Lipinski definition) is 4. The van der Waals surface area contributed by atoms with E-state index in [4.69, 9.17) is 0 Å². The lowest BCUT2D eigenvalue weighted by Gasteiger charge is -2.27. The van der Waals surface area contributed by atoms with Gasteiger partial charge in [-0.3, -0.25) is 19.3 Å². The van der Waals surface area contributed by atoms with Gasteiger partial charge in [-0.25, -0.2) is 0 Å². The summed E-state index contributed by atoms with van der Waals surface area (Å²) in [5.41, 5.74) is 5.51. The van der Waals surface area contributed by atoms with Crippen LogP contribution in [-0.4, -0.2) is 17.5 Å². The highest BCUT2D eigenvalue weighted by Crippen LogP contribution is 2.49. The molecular weight excluding hydrogens is 400 g/mol. The van der Waals surface area contributed by atoms with Crippen molar-refractivity contribution in [3.05, 3.63) is 106 Å². The van der Waals surface area contributed by atoms with E-state index in [1.165, 1.54) is 0 Å². The molecule has 3 aromatic rings. The van der Waals surface area contributed by atoms with Gasteiger partial charge in [0.05, 0.1) is 17.4 Å². The molecule has 0 radical (unpaired) electrons. The van der Waals surface area contributed by atoms with Crippen LogP contribution in [0.15, 0.2) is 84.1 Å². The Morgan fingerprint density at radius 3 is 2.50 bits per heavy atom. The van der Waals surface area contributed by atoms with Crippen molar-refractivity contribution in [2.24, 2.45) is 0 Å². The van der Waals surface area contributed by atoms with Crippen LogP contribution in [0.1, 0.15) is 57.1 Å². The maximum atomic E-state index is 13.5. The molecule has 1 amide bonds. The monoisotopic (exact) mass is 420 g/mol. The van der Waals surface area contributed by atoms with Gasteiger partial charge >= 0.3 is 0 Å². The summed E-state index contributed by atoms with van der Waals surface area (Å²) in [6.45, 7) is 0. The average Bonchev–Trinajstić information content (AvgIpc) is 3.02. The van der Waals surface area contributed by atoms with Crippen LogP contribution in [0.25, 0.3) is 0 Å². The molecule has 0 fully saturated rings. The van der Waals surface area contributed by atoms with Crippen LogP contribution in [0.2, 0.25) is 0 Å². The Hall–Kier alpha value is -3.99. The molecule has 3 aliphatic rings. The number of ketones is 2. The lowest BCUT2D eigenvalue weighted by atomic mass is 9.86. The average molecular weight is 420 g/mol. The zero-order valence-corrected chi connectivity index (χ0v) is 17.3. The number of nitrogens with zero attached hydrogens (tertiary/aromatic N) is 1. The lowest BCUT2D eigenvalue weighted by molar-refractivity contribution is -0.116. The molecule has 0 saturated carbocycles. The highest BCUT2D eigenvalue weighted by molar-refractivity contribution is 6.17. The van der Waals surface area contributed by atoms with Crippen LogP contribution in [0.4, 0.5) is 11.4 Å². The molecule has 2 aliphatic heterocycles. The minimum atomic E-state index is -0.439. The van der Waals surface area contributed by atoms with Gasteiger partial charge < -0.3 is 5.32 Å². The van der Waals surface area contributed by atoms with Crippen molar-refractivity contribution >= 4 is 28.8 Å². The Morgan fingerprint density at radius 1 is 0.875 bits per heavy atom. The quantitative estimate of drug-likeness (QED) is 0.589. The first kappa shape index (κ1) is 18.8. The Balaban J connectivity index is 1.54. The van der Waals surface area contributed by atoms with Crippen LogP contribution >= 0.6 is 0 Å². The normalized spacial score (nSPS) is 18.9. The van der Waals surface area contributed by atoms with Crippen molar-refractivity contribution in [3.63, 3.8) is 0 Å². The Bertz CT molecular complexity index is 1340. The maximum absolute atomic E-state index is 13.5. The van der Waals surface area contributed by atoms with E-state index in [0.29, 0.717) is 40.1 Å². The number of hydrogen-bond donors (Lipinski definition) is 1. The largest absolute Gasteiger partial charge is 0.357 e. The van der Waals surface area contributed by atoms with E-state index in [-0.39, 0.29) is 17.5 Å². The minimum absolute atomic E-state index is 0.0756. The van der Waals surface area contributed by atoms with E-state index in [2.05, 4.69) is 5.32 Å². The van der Waals surface area contributed by atoms with Crippen LogP contribution in [0.5, 0.6) is 0 Å². The van der Waals surface area contributed by atoms with E-state index in [9.17, 15) is 14.4 Å². The smallest absolute Gasteiger partial charge is 0.259 e. The molecule has 5 nitrogen and oxygen atoms in total. The van der Waals surface area contributed by atoms with Crippen molar-refractivity contribution in [3.8, 4) is 0 Å². The number of fused-ring (bicyclic) bond motifs is 6. The second-order valence-electron chi connectivity index (χ2n) is 8.39.